The summed E-state index contributed by atoms with van der Waals surface area (Å²) < 4.78 is 0. The second-order valence-electron chi connectivity index (χ2n) is 1.38. The molecule has 0 saturated carbocycles. The van der Waals surface area contributed by atoms with Crippen LogP contribution in [0.5, 0.6) is 0 Å². The third-order valence-electron chi connectivity index (χ3n) is 0.743. The minimum absolute atomic E-state index is 0.570. The minimum atomic E-state index is 0.570. The Bertz CT molecular complexity index is 220. The molecule has 10 heavy (non-hydrogen) atoms. The van der Waals surface area contributed by atoms with Gasteiger partial charge in [0.2, 0.25) is 5.16 Å². The predicted octanol–water partition coefficient (Wildman–Crippen LogP) is -0.521. The Kier molecular flexibility index (Phi) is 2.57. The van der Waals surface area contributed by atoms with Gasteiger partial charge in [0, 0.05) is 5.75 Å². The van der Waals surface area contributed by atoms with Crippen molar-refractivity contribution >= 4 is 29.3 Å². The highest BCUT2D eigenvalue weighted by atomic mass is 32.2. The molecule has 7 heteroatoms. The van der Waals surface area contributed by atoms with Gasteiger partial charge in [-0.25, -0.2) is 0 Å². The molecule has 0 bridgehead atoms. The molecule has 54 valence electrons. The lowest BCUT2D eigenvalue weighted by Crippen LogP contribution is -2.11. The van der Waals surface area contributed by atoms with Crippen molar-refractivity contribution in [1.29, 1.82) is 0 Å². The number of nitrogen functional groups attached to an aromatic ring is 1. The molecule has 2 N–H and O–H groups in total. The summed E-state index contributed by atoms with van der Waals surface area (Å²) in [5.41, 5.74) is 0. The molecule has 1 aromatic heterocycles. The van der Waals surface area contributed by atoms with E-state index >= 15 is 0 Å². The van der Waals surface area contributed by atoms with E-state index in [1.54, 1.807) is 5.37 Å². The van der Waals surface area contributed by atoms with Gasteiger partial charge in [0.1, 0.15) is 0 Å². The molecule has 1 heterocycles. The normalized spacial score (nSPS) is 9.60. The van der Waals surface area contributed by atoms with Crippen LogP contribution in [0.3, 0.4) is 0 Å². The number of hydrogen-bond acceptors (Lipinski definition) is 6. The average Bonchev–Trinajstić information content (AvgIpc) is 2.31. The fourth-order valence-corrected chi connectivity index (χ4v) is 1.07. The first-order valence-electron chi connectivity index (χ1n) is 2.44. The van der Waals surface area contributed by atoms with E-state index in [9.17, 15) is 0 Å². The van der Waals surface area contributed by atoms with Crippen LogP contribution in [0.25, 0.3) is 0 Å². The van der Waals surface area contributed by atoms with E-state index in [0.717, 1.165) is 4.79 Å². The van der Waals surface area contributed by atoms with Gasteiger partial charge in [-0.05, 0) is 15.8 Å². The zero-order valence-electron chi connectivity index (χ0n) is 4.97. The van der Waals surface area contributed by atoms with Crippen molar-refractivity contribution in [1.82, 2.24) is 20.3 Å². The average molecular weight is 175 g/mol. The Balaban J connectivity index is 2.56. The fourth-order valence-electron chi connectivity index (χ4n) is 0.389. The predicted molar refractivity (Wildman–Crippen MR) is 42.3 cm³/mol. The highest BCUT2D eigenvalue weighted by Crippen LogP contribution is 2.08. The molecule has 0 radical (unpaired) electrons. The molecule has 1 aromatic rings. The monoisotopic (exact) mass is 175 g/mol. The van der Waals surface area contributed by atoms with E-state index in [2.05, 4.69) is 27.7 Å². The van der Waals surface area contributed by atoms with E-state index in [4.69, 9.17) is 5.84 Å². The second kappa shape index (κ2) is 3.47. The van der Waals surface area contributed by atoms with E-state index < -0.39 is 0 Å². The molecular weight excluding hydrogens is 170 g/mol. The van der Waals surface area contributed by atoms with Gasteiger partial charge in [-0.3, -0.25) is 0 Å². The lowest BCUT2D eigenvalue weighted by Gasteiger charge is -1.91. The number of nitrogens with zero attached hydrogens (tertiary/aromatic N) is 4. The molecule has 0 saturated heterocycles. The smallest absolute Gasteiger partial charge is 0.230 e. The van der Waals surface area contributed by atoms with Crippen LogP contribution < -0.4 is 5.84 Å². The zero-order valence-corrected chi connectivity index (χ0v) is 6.60. The maximum Gasteiger partial charge on any atom is 0.230 e. The van der Waals surface area contributed by atoms with Gasteiger partial charge in [-0.2, -0.15) is 0 Å². The third-order valence-corrected chi connectivity index (χ3v) is 1.98. The number of thiocarbonyl (C=S) groups is 1. The first kappa shape index (κ1) is 7.42. The van der Waals surface area contributed by atoms with Crippen LogP contribution in [0.15, 0.2) is 5.16 Å². The Labute approximate surface area is 66.9 Å². The first-order valence-corrected chi connectivity index (χ1v) is 3.90. The highest BCUT2D eigenvalue weighted by Gasteiger charge is 2.00. The highest BCUT2D eigenvalue weighted by molar-refractivity contribution is 8.00. The lowest BCUT2D eigenvalue weighted by molar-refractivity contribution is 0.716. The third kappa shape index (κ3) is 1.64. The van der Waals surface area contributed by atoms with Crippen molar-refractivity contribution in [2.24, 2.45) is 0 Å². The molecule has 0 aromatic carbocycles. The van der Waals surface area contributed by atoms with Crippen LogP contribution in [0.4, 0.5) is 0 Å². The van der Waals surface area contributed by atoms with Crippen molar-refractivity contribution in [3.63, 3.8) is 0 Å². The summed E-state index contributed by atoms with van der Waals surface area (Å²) in [6.45, 7) is 0. The van der Waals surface area contributed by atoms with Crippen molar-refractivity contribution in [2.75, 3.05) is 11.6 Å². The van der Waals surface area contributed by atoms with Gasteiger partial charge in [-0.1, -0.05) is 29.1 Å². The van der Waals surface area contributed by atoms with E-state index in [-0.39, 0.29) is 0 Å². The van der Waals surface area contributed by atoms with Crippen molar-refractivity contribution < 1.29 is 0 Å². The molecule has 0 amide bonds. The Morgan fingerprint density at radius 3 is 3.10 bits per heavy atom. The number of rotatable bonds is 3. The molecule has 1 rings (SSSR count). The molecular formula is C3H5N5S2. The number of aromatic nitrogens is 4. The molecule has 0 aliphatic rings. The van der Waals surface area contributed by atoms with Crippen LogP contribution in [0.1, 0.15) is 0 Å². The van der Waals surface area contributed by atoms with Crippen molar-refractivity contribution in [3.8, 4) is 0 Å². The van der Waals surface area contributed by atoms with Crippen molar-refractivity contribution in [2.45, 2.75) is 5.16 Å². The summed E-state index contributed by atoms with van der Waals surface area (Å²) in [4.78, 5) is 1.11. The number of thioether (sulfide) groups is 1. The van der Waals surface area contributed by atoms with Crippen molar-refractivity contribution in [3.05, 3.63) is 0 Å². The molecule has 0 aliphatic carbocycles. The maximum absolute atomic E-state index is 5.29. The molecule has 0 fully saturated rings. The molecule has 0 spiro atoms. The first-order chi connectivity index (χ1) is 4.84. The summed E-state index contributed by atoms with van der Waals surface area (Å²) in [6.07, 6.45) is 0. The molecule has 0 atom stereocenters. The molecule has 0 unspecified atom stereocenters. The van der Waals surface area contributed by atoms with Gasteiger partial charge >= 0.3 is 0 Å². The van der Waals surface area contributed by atoms with E-state index in [1.807, 2.05) is 0 Å². The van der Waals surface area contributed by atoms with Gasteiger partial charge < -0.3 is 5.84 Å². The summed E-state index contributed by atoms with van der Waals surface area (Å²) in [5, 5.41) is 12.6. The Morgan fingerprint density at radius 1 is 1.80 bits per heavy atom. The van der Waals surface area contributed by atoms with Crippen LogP contribution in [0, 0.1) is 0 Å². The van der Waals surface area contributed by atoms with Gasteiger partial charge in [-0.15, -0.1) is 4.79 Å². The minimum Gasteiger partial charge on any atom is -0.319 e. The van der Waals surface area contributed by atoms with Crippen LogP contribution in [-0.2, 0) is 0 Å². The summed E-state index contributed by atoms with van der Waals surface area (Å²) in [5.74, 6) is 5.98. The summed E-state index contributed by atoms with van der Waals surface area (Å²) >= 11 is 6.00. The topological polar surface area (TPSA) is 69.6 Å². The Hall–Kier alpha value is -0.690. The molecule has 0 aliphatic heterocycles. The summed E-state index contributed by atoms with van der Waals surface area (Å²) in [7, 11) is 0. The number of hydrogen-bond donors (Lipinski definition) is 1. The van der Waals surface area contributed by atoms with E-state index in [0.29, 0.717) is 10.9 Å². The molecule has 5 nitrogen and oxygen atoms in total. The van der Waals surface area contributed by atoms with E-state index in [1.165, 1.54) is 11.8 Å². The SMILES string of the molecule is Nn1nnnc1SCC=S. The van der Waals surface area contributed by atoms with Crippen LogP contribution >= 0.6 is 24.0 Å². The lowest BCUT2D eigenvalue weighted by atomic mass is 11.0. The van der Waals surface area contributed by atoms with Crippen LogP contribution in [-0.4, -0.2) is 31.4 Å². The number of nitrogens with two attached hydrogens (primary N) is 1. The van der Waals surface area contributed by atoms with Gasteiger partial charge in [0.15, 0.2) is 0 Å². The second-order valence-corrected chi connectivity index (χ2v) is 2.70. The quantitative estimate of drug-likeness (QED) is 0.378. The number of tetrazole rings is 1. The van der Waals surface area contributed by atoms with Gasteiger partial charge in [0.25, 0.3) is 0 Å². The zero-order chi connectivity index (χ0) is 7.40. The standard InChI is InChI=1S/C3H5N5S2/c4-8-3(5-6-7-8)10-2-1-9/h1H,2,4H2. The van der Waals surface area contributed by atoms with Crippen LogP contribution in [0.2, 0.25) is 0 Å². The Morgan fingerprint density at radius 2 is 2.60 bits per heavy atom. The van der Waals surface area contributed by atoms with Gasteiger partial charge in [0.05, 0.1) is 0 Å². The maximum atomic E-state index is 5.29. The fraction of sp³-hybridized carbons (Fsp3) is 0.333. The largest absolute Gasteiger partial charge is 0.319 e. The summed E-state index contributed by atoms with van der Waals surface area (Å²) in [6, 6.07) is 0.